The summed E-state index contributed by atoms with van der Waals surface area (Å²) in [4.78, 5) is 24.8. The van der Waals surface area contributed by atoms with Gasteiger partial charge in [0.25, 0.3) is 5.91 Å². The summed E-state index contributed by atoms with van der Waals surface area (Å²) in [5.41, 5.74) is 1.28. The number of hydrogen-bond donors (Lipinski definition) is 2. The molecule has 7 heteroatoms. The van der Waals surface area contributed by atoms with E-state index in [1.165, 1.54) is 6.07 Å². The Kier molecular flexibility index (Phi) is 4.61. The SMILES string of the molecule is C[C@H]1CC[C@H]2C(C)(C)[C@@H](Br)[C@H](Cl)C[C@]23Oc2c(c(C(=O)O)cc4c2CNC4=O)C[C@]13C. The van der Waals surface area contributed by atoms with E-state index >= 15 is 0 Å². The van der Waals surface area contributed by atoms with Crippen LogP contribution in [0.25, 0.3) is 0 Å². The van der Waals surface area contributed by atoms with E-state index in [0.717, 1.165) is 24.0 Å². The molecule has 2 heterocycles. The van der Waals surface area contributed by atoms with Crippen LogP contribution in [0.3, 0.4) is 0 Å². The molecule has 2 fully saturated rings. The standard InChI is InChI=1S/C24H29BrClNO4/c1-11-5-6-17-22(2,3)19(25)16(26)9-24(17)23(11,4)8-14-13(21(29)30)7-12-15(18(14)31-24)10-27-20(12)28/h7,11,16-17,19H,5-6,8-10H2,1-4H3,(H,27,28)(H,29,30)/t11-,16+,17-,19-,23+,24-/m0/s1. The van der Waals surface area contributed by atoms with Gasteiger partial charge in [-0.1, -0.05) is 43.6 Å². The van der Waals surface area contributed by atoms with Crippen LogP contribution in [0.2, 0.25) is 0 Å². The lowest BCUT2D eigenvalue weighted by atomic mass is 9.44. The summed E-state index contributed by atoms with van der Waals surface area (Å²) >= 11 is 10.8. The van der Waals surface area contributed by atoms with E-state index in [2.05, 4.69) is 48.9 Å². The number of ether oxygens (including phenoxy) is 1. The van der Waals surface area contributed by atoms with Crippen molar-refractivity contribution in [1.29, 1.82) is 0 Å². The Bertz CT molecular complexity index is 1010. The predicted molar refractivity (Wildman–Crippen MR) is 122 cm³/mol. The van der Waals surface area contributed by atoms with Crippen molar-refractivity contribution >= 4 is 39.4 Å². The van der Waals surface area contributed by atoms with Gasteiger partial charge in [-0.15, -0.1) is 11.6 Å². The van der Waals surface area contributed by atoms with E-state index < -0.39 is 11.6 Å². The van der Waals surface area contributed by atoms with Gasteiger partial charge in [-0.05, 0) is 36.7 Å². The van der Waals surface area contributed by atoms with Crippen molar-refractivity contribution in [2.75, 3.05) is 0 Å². The molecule has 0 saturated heterocycles. The van der Waals surface area contributed by atoms with Crippen molar-refractivity contribution in [3.63, 3.8) is 0 Å². The van der Waals surface area contributed by atoms with Crippen molar-refractivity contribution in [1.82, 2.24) is 5.32 Å². The van der Waals surface area contributed by atoms with Crippen molar-refractivity contribution in [3.8, 4) is 5.75 Å². The highest BCUT2D eigenvalue weighted by molar-refractivity contribution is 9.09. The molecule has 4 aliphatic rings. The van der Waals surface area contributed by atoms with Crippen LogP contribution in [-0.4, -0.2) is 32.8 Å². The lowest BCUT2D eigenvalue weighted by Crippen LogP contribution is -2.71. The molecule has 31 heavy (non-hydrogen) atoms. The third-order valence-electron chi connectivity index (χ3n) is 9.15. The summed E-state index contributed by atoms with van der Waals surface area (Å²) in [6, 6.07) is 1.54. The van der Waals surface area contributed by atoms with Gasteiger partial charge in [0, 0.05) is 45.8 Å². The van der Waals surface area contributed by atoms with E-state index in [1.54, 1.807) is 0 Å². The number of carboxylic acids is 1. The molecule has 0 unspecified atom stereocenters. The Balaban J connectivity index is 1.78. The maximum atomic E-state index is 12.4. The first kappa shape index (κ1) is 21.6. The van der Waals surface area contributed by atoms with Gasteiger partial charge in [0.15, 0.2) is 0 Å². The minimum Gasteiger partial charge on any atom is -0.486 e. The topological polar surface area (TPSA) is 75.6 Å². The molecule has 2 aliphatic carbocycles. The van der Waals surface area contributed by atoms with Crippen molar-refractivity contribution in [2.45, 2.75) is 75.7 Å². The van der Waals surface area contributed by atoms with Gasteiger partial charge in [0.1, 0.15) is 11.4 Å². The number of amides is 1. The maximum Gasteiger partial charge on any atom is 0.336 e. The molecule has 1 aromatic rings. The minimum atomic E-state index is -1.01. The van der Waals surface area contributed by atoms with Gasteiger partial charge in [0.2, 0.25) is 0 Å². The molecule has 2 saturated carbocycles. The normalized spacial score (nSPS) is 40.0. The number of alkyl halides is 2. The lowest BCUT2D eigenvalue weighted by Gasteiger charge is -2.67. The average molecular weight is 511 g/mol. The van der Waals surface area contributed by atoms with Crippen LogP contribution >= 0.6 is 27.5 Å². The molecule has 168 valence electrons. The van der Waals surface area contributed by atoms with Crippen LogP contribution in [-0.2, 0) is 13.0 Å². The highest BCUT2D eigenvalue weighted by Gasteiger charge is 2.69. The summed E-state index contributed by atoms with van der Waals surface area (Å²) in [5, 5.41) is 12.7. The number of carbonyl (C=O) groups excluding carboxylic acids is 1. The van der Waals surface area contributed by atoms with Gasteiger partial charge in [0.05, 0.1) is 10.9 Å². The summed E-state index contributed by atoms with van der Waals surface area (Å²) in [6.07, 6.45) is 3.44. The zero-order valence-electron chi connectivity index (χ0n) is 18.4. The summed E-state index contributed by atoms with van der Waals surface area (Å²) in [5.74, 6) is -0.0109. The van der Waals surface area contributed by atoms with Crippen LogP contribution in [0, 0.1) is 22.7 Å². The fourth-order valence-electron chi connectivity index (χ4n) is 7.16. The highest BCUT2D eigenvalue weighted by Crippen LogP contribution is 2.67. The molecule has 6 atom stereocenters. The van der Waals surface area contributed by atoms with E-state index in [9.17, 15) is 14.7 Å². The molecule has 1 spiro atoms. The van der Waals surface area contributed by atoms with Crippen LogP contribution in [0.15, 0.2) is 6.07 Å². The molecule has 1 aromatic carbocycles. The van der Waals surface area contributed by atoms with Gasteiger partial charge in [-0.25, -0.2) is 4.79 Å². The van der Waals surface area contributed by atoms with Gasteiger partial charge < -0.3 is 15.2 Å². The number of rotatable bonds is 1. The number of carbonyl (C=O) groups is 2. The van der Waals surface area contributed by atoms with Crippen LogP contribution in [0.1, 0.15) is 78.8 Å². The van der Waals surface area contributed by atoms with Crippen molar-refractivity contribution in [3.05, 3.63) is 28.3 Å². The smallest absolute Gasteiger partial charge is 0.336 e. The molecular weight excluding hydrogens is 482 g/mol. The fourth-order valence-corrected chi connectivity index (χ4v) is 8.22. The molecular formula is C24H29BrClNO4. The Labute approximate surface area is 196 Å². The van der Waals surface area contributed by atoms with E-state index in [4.69, 9.17) is 16.3 Å². The number of fused-ring (bicyclic) bond motifs is 3. The molecule has 1 amide bonds. The number of hydrogen-bond acceptors (Lipinski definition) is 3. The summed E-state index contributed by atoms with van der Waals surface area (Å²) in [7, 11) is 0. The Morgan fingerprint density at radius 1 is 1.29 bits per heavy atom. The number of benzene rings is 1. The van der Waals surface area contributed by atoms with Crippen LogP contribution in [0.4, 0.5) is 0 Å². The van der Waals surface area contributed by atoms with E-state index in [1.807, 2.05) is 0 Å². The summed E-state index contributed by atoms with van der Waals surface area (Å²) in [6.45, 7) is 9.45. The first-order chi connectivity index (χ1) is 14.4. The Morgan fingerprint density at radius 2 is 2.00 bits per heavy atom. The monoisotopic (exact) mass is 509 g/mol. The third kappa shape index (κ3) is 2.61. The molecule has 0 bridgehead atoms. The zero-order chi connectivity index (χ0) is 22.5. The van der Waals surface area contributed by atoms with E-state index in [0.29, 0.717) is 36.6 Å². The molecule has 2 aliphatic heterocycles. The van der Waals surface area contributed by atoms with Crippen LogP contribution < -0.4 is 10.1 Å². The number of halogens is 2. The molecule has 0 radical (unpaired) electrons. The second-order valence-electron chi connectivity index (χ2n) is 10.8. The average Bonchev–Trinajstić information content (AvgIpc) is 3.06. The molecule has 5 rings (SSSR count). The maximum absolute atomic E-state index is 12.4. The van der Waals surface area contributed by atoms with Gasteiger partial charge in [-0.2, -0.15) is 0 Å². The number of carboxylic acid groups (broad SMARTS) is 1. The highest BCUT2D eigenvalue weighted by atomic mass is 79.9. The first-order valence-corrected chi connectivity index (χ1v) is 12.5. The van der Waals surface area contributed by atoms with Crippen molar-refractivity contribution in [2.24, 2.45) is 22.7 Å². The van der Waals surface area contributed by atoms with Gasteiger partial charge in [-0.3, -0.25) is 4.79 Å². The third-order valence-corrected chi connectivity index (χ3v) is 11.7. The molecule has 5 nitrogen and oxygen atoms in total. The lowest BCUT2D eigenvalue weighted by molar-refractivity contribution is -0.207. The number of nitrogens with one attached hydrogen (secondary N) is 1. The fraction of sp³-hybridized carbons (Fsp3) is 0.667. The van der Waals surface area contributed by atoms with Crippen molar-refractivity contribution < 1.29 is 19.4 Å². The quantitative estimate of drug-likeness (QED) is 0.512. The Morgan fingerprint density at radius 3 is 2.68 bits per heavy atom. The Hall–Kier alpha value is -1.27. The van der Waals surface area contributed by atoms with Crippen LogP contribution in [0.5, 0.6) is 5.75 Å². The number of aromatic carboxylic acids is 1. The molecule has 2 N–H and O–H groups in total. The summed E-state index contributed by atoms with van der Waals surface area (Å²) < 4.78 is 7.08. The van der Waals surface area contributed by atoms with Gasteiger partial charge >= 0.3 is 5.97 Å². The second kappa shape index (κ2) is 6.63. The second-order valence-corrected chi connectivity index (χ2v) is 12.4. The first-order valence-electron chi connectivity index (χ1n) is 11.1. The largest absolute Gasteiger partial charge is 0.486 e. The minimum absolute atomic E-state index is 0.0920. The predicted octanol–water partition coefficient (Wildman–Crippen LogP) is 5.16. The molecule has 0 aromatic heterocycles. The van der Waals surface area contributed by atoms with E-state index in [-0.39, 0.29) is 38.4 Å². The zero-order valence-corrected chi connectivity index (χ0v) is 20.7.